The van der Waals surface area contributed by atoms with Gasteiger partial charge in [0.25, 0.3) is 0 Å². The molecule has 5 heteroatoms. The lowest BCUT2D eigenvalue weighted by atomic mass is 10.2. The Bertz CT molecular complexity index is 350. The number of hydrogen-bond donors (Lipinski definition) is 1. The molecule has 0 unspecified atom stereocenters. The molecule has 4 nitrogen and oxygen atoms in total. The second kappa shape index (κ2) is 6.48. The Morgan fingerprint density at radius 1 is 1.50 bits per heavy atom. The van der Waals surface area contributed by atoms with Crippen molar-refractivity contribution in [3.05, 3.63) is 11.3 Å². The summed E-state index contributed by atoms with van der Waals surface area (Å²) in [6.07, 6.45) is 2.21. The van der Waals surface area contributed by atoms with Crippen molar-refractivity contribution in [3.63, 3.8) is 0 Å². The Morgan fingerprint density at radius 2 is 2.25 bits per heavy atom. The van der Waals surface area contributed by atoms with Gasteiger partial charge in [0.2, 0.25) is 0 Å². The fourth-order valence-corrected chi connectivity index (χ4v) is 2.12. The van der Waals surface area contributed by atoms with Crippen LogP contribution in [0.3, 0.4) is 0 Å². The van der Waals surface area contributed by atoms with Crippen LogP contribution in [0.2, 0.25) is 0 Å². The monoisotopic (exact) mass is 242 g/mol. The number of aromatic nitrogens is 1. The molecule has 1 rings (SSSR count). The number of carbonyl (C=O) groups is 1. The summed E-state index contributed by atoms with van der Waals surface area (Å²) in [7, 11) is 0. The zero-order chi connectivity index (χ0) is 12.0. The van der Waals surface area contributed by atoms with E-state index in [1.54, 1.807) is 6.92 Å². The van der Waals surface area contributed by atoms with E-state index in [2.05, 4.69) is 16.6 Å². The van der Waals surface area contributed by atoms with Crippen LogP contribution < -0.4 is 5.32 Å². The molecule has 0 spiro atoms. The number of esters is 1. The van der Waals surface area contributed by atoms with E-state index < -0.39 is 0 Å². The van der Waals surface area contributed by atoms with Gasteiger partial charge >= 0.3 is 5.97 Å². The second-order valence-electron chi connectivity index (χ2n) is 3.47. The standard InChI is InChI=1S/C11H18N2O2S/c1-4-6-7-12-10-9(8(3)13-16-10)11(14)15-5-2/h12H,4-7H2,1-3H3. The van der Waals surface area contributed by atoms with E-state index >= 15 is 0 Å². The van der Waals surface area contributed by atoms with Crippen LogP contribution in [-0.2, 0) is 4.74 Å². The lowest BCUT2D eigenvalue weighted by Crippen LogP contribution is -2.09. The molecule has 0 aliphatic carbocycles. The number of hydrogen-bond acceptors (Lipinski definition) is 5. The number of carbonyl (C=O) groups excluding carboxylic acids is 1. The van der Waals surface area contributed by atoms with Crippen molar-refractivity contribution in [3.8, 4) is 0 Å². The van der Waals surface area contributed by atoms with Crippen LogP contribution in [-0.4, -0.2) is 23.5 Å². The van der Waals surface area contributed by atoms with Crippen LogP contribution in [0.1, 0.15) is 42.7 Å². The van der Waals surface area contributed by atoms with Gasteiger partial charge in [-0.2, -0.15) is 4.37 Å². The first-order valence-corrected chi connectivity index (χ1v) is 6.35. The number of ether oxygens (including phenoxy) is 1. The van der Waals surface area contributed by atoms with Crippen LogP contribution in [0.4, 0.5) is 5.00 Å². The molecule has 1 N–H and O–H groups in total. The molecule has 0 aliphatic heterocycles. The molecule has 1 aromatic heterocycles. The van der Waals surface area contributed by atoms with Crippen molar-refractivity contribution in [2.75, 3.05) is 18.5 Å². The molecule has 0 saturated heterocycles. The quantitative estimate of drug-likeness (QED) is 0.615. The minimum Gasteiger partial charge on any atom is -0.462 e. The number of unbranched alkanes of at least 4 members (excludes halogenated alkanes) is 1. The van der Waals surface area contributed by atoms with Gasteiger partial charge in [0.15, 0.2) is 0 Å². The van der Waals surface area contributed by atoms with Crippen molar-refractivity contribution < 1.29 is 9.53 Å². The zero-order valence-electron chi connectivity index (χ0n) is 10.0. The summed E-state index contributed by atoms with van der Waals surface area (Å²) in [5.74, 6) is -0.284. The maximum Gasteiger partial charge on any atom is 0.343 e. The fourth-order valence-electron chi connectivity index (χ4n) is 1.31. The second-order valence-corrected chi connectivity index (χ2v) is 4.25. The first-order chi connectivity index (χ1) is 7.70. The van der Waals surface area contributed by atoms with Crippen molar-refractivity contribution >= 4 is 22.5 Å². The Kier molecular flexibility index (Phi) is 5.25. The van der Waals surface area contributed by atoms with Crippen LogP contribution in [0.15, 0.2) is 0 Å². The number of rotatable bonds is 6. The highest BCUT2D eigenvalue weighted by Crippen LogP contribution is 2.25. The van der Waals surface area contributed by atoms with Gasteiger partial charge < -0.3 is 10.1 Å². The molecular formula is C11H18N2O2S. The van der Waals surface area contributed by atoms with E-state index in [-0.39, 0.29) is 5.97 Å². The average molecular weight is 242 g/mol. The predicted octanol–water partition coefficient (Wildman–Crippen LogP) is 2.84. The van der Waals surface area contributed by atoms with E-state index in [4.69, 9.17) is 4.74 Å². The molecule has 0 saturated carbocycles. The third-order valence-corrected chi connectivity index (χ3v) is 3.05. The van der Waals surface area contributed by atoms with Crippen LogP contribution in [0.5, 0.6) is 0 Å². The maximum atomic E-state index is 11.7. The maximum absolute atomic E-state index is 11.7. The largest absolute Gasteiger partial charge is 0.462 e. The van der Waals surface area contributed by atoms with Gasteiger partial charge in [-0.1, -0.05) is 13.3 Å². The summed E-state index contributed by atoms with van der Waals surface area (Å²) in [6.45, 7) is 7.02. The molecule has 0 aromatic carbocycles. The molecule has 1 aromatic rings. The van der Waals surface area contributed by atoms with Crippen molar-refractivity contribution in [2.24, 2.45) is 0 Å². The number of nitrogens with one attached hydrogen (secondary N) is 1. The van der Waals surface area contributed by atoms with Crippen LogP contribution >= 0.6 is 11.5 Å². The highest BCUT2D eigenvalue weighted by atomic mass is 32.1. The Hall–Kier alpha value is -1.10. The van der Waals surface area contributed by atoms with E-state index in [0.717, 1.165) is 30.1 Å². The van der Waals surface area contributed by atoms with Crippen LogP contribution in [0, 0.1) is 6.92 Å². The highest BCUT2D eigenvalue weighted by molar-refractivity contribution is 7.10. The molecule has 0 fully saturated rings. The minimum absolute atomic E-state index is 0.284. The lowest BCUT2D eigenvalue weighted by molar-refractivity contribution is 0.0527. The molecule has 16 heavy (non-hydrogen) atoms. The molecule has 0 atom stereocenters. The first-order valence-electron chi connectivity index (χ1n) is 5.57. The fraction of sp³-hybridized carbons (Fsp3) is 0.636. The molecule has 0 amide bonds. The summed E-state index contributed by atoms with van der Waals surface area (Å²) in [6, 6.07) is 0. The molecule has 0 radical (unpaired) electrons. The third kappa shape index (κ3) is 3.20. The zero-order valence-corrected chi connectivity index (χ0v) is 10.8. The predicted molar refractivity (Wildman–Crippen MR) is 66.2 cm³/mol. The topological polar surface area (TPSA) is 51.2 Å². The van der Waals surface area contributed by atoms with Gasteiger partial charge in [-0.05, 0) is 31.8 Å². The van der Waals surface area contributed by atoms with E-state index in [0.29, 0.717) is 12.2 Å². The van der Waals surface area contributed by atoms with Gasteiger partial charge in [-0.15, -0.1) is 0 Å². The third-order valence-electron chi connectivity index (χ3n) is 2.16. The number of aryl methyl sites for hydroxylation is 1. The normalized spacial score (nSPS) is 10.2. The number of anilines is 1. The Morgan fingerprint density at radius 3 is 2.88 bits per heavy atom. The van der Waals surface area contributed by atoms with Crippen LogP contribution in [0.25, 0.3) is 0 Å². The van der Waals surface area contributed by atoms with Crippen molar-refractivity contribution in [1.29, 1.82) is 0 Å². The summed E-state index contributed by atoms with van der Waals surface area (Å²) < 4.78 is 9.18. The van der Waals surface area contributed by atoms with E-state index in [1.807, 2.05) is 6.92 Å². The van der Waals surface area contributed by atoms with Crippen molar-refractivity contribution in [2.45, 2.75) is 33.6 Å². The van der Waals surface area contributed by atoms with Gasteiger partial charge in [-0.3, -0.25) is 0 Å². The Balaban J connectivity index is 2.73. The van der Waals surface area contributed by atoms with E-state index in [9.17, 15) is 4.79 Å². The van der Waals surface area contributed by atoms with Gasteiger partial charge in [0.05, 0.1) is 12.3 Å². The average Bonchev–Trinajstić information content (AvgIpc) is 2.61. The molecule has 0 aliphatic rings. The molecule has 90 valence electrons. The Labute approximate surface area is 100 Å². The lowest BCUT2D eigenvalue weighted by Gasteiger charge is -2.05. The van der Waals surface area contributed by atoms with Gasteiger partial charge in [0, 0.05) is 6.54 Å². The SMILES string of the molecule is CCCCNc1snc(C)c1C(=O)OCC. The van der Waals surface area contributed by atoms with Crippen molar-refractivity contribution in [1.82, 2.24) is 4.37 Å². The first kappa shape index (κ1) is 13.0. The number of nitrogens with zero attached hydrogens (tertiary/aromatic N) is 1. The molecular weight excluding hydrogens is 224 g/mol. The smallest absolute Gasteiger partial charge is 0.343 e. The summed E-state index contributed by atoms with van der Waals surface area (Å²) in [5.41, 5.74) is 1.32. The van der Waals surface area contributed by atoms with E-state index in [1.165, 1.54) is 11.5 Å². The molecule has 1 heterocycles. The molecule has 0 bridgehead atoms. The summed E-state index contributed by atoms with van der Waals surface area (Å²) in [5, 5.41) is 4.05. The summed E-state index contributed by atoms with van der Waals surface area (Å²) >= 11 is 1.32. The van der Waals surface area contributed by atoms with Gasteiger partial charge in [-0.25, -0.2) is 4.79 Å². The highest BCUT2D eigenvalue weighted by Gasteiger charge is 2.18. The summed E-state index contributed by atoms with van der Waals surface area (Å²) in [4.78, 5) is 11.7. The van der Waals surface area contributed by atoms with Gasteiger partial charge in [0.1, 0.15) is 10.6 Å². The minimum atomic E-state index is -0.284.